The second kappa shape index (κ2) is 4.94. The summed E-state index contributed by atoms with van der Waals surface area (Å²) in [7, 11) is -1.33. The summed E-state index contributed by atoms with van der Waals surface area (Å²) in [5.41, 5.74) is 0.444. The predicted molar refractivity (Wildman–Crippen MR) is 78.3 cm³/mol. The Morgan fingerprint density at radius 3 is 2.75 bits per heavy atom. The molecule has 1 atom stereocenters. The van der Waals surface area contributed by atoms with Crippen LogP contribution >= 0.6 is 27.5 Å². The van der Waals surface area contributed by atoms with Crippen LogP contribution in [0.5, 0.6) is 0 Å². The molecule has 0 N–H and O–H groups in total. The van der Waals surface area contributed by atoms with E-state index < -0.39 is 10.8 Å². The molecule has 0 amide bonds. The van der Waals surface area contributed by atoms with E-state index >= 15 is 0 Å². The summed E-state index contributed by atoms with van der Waals surface area (Å²) in [5.74, 6) is 1.65. The first-order chi connectivity index (χ1) is 9.47. The van der Waals surface area contributed by atoms with E-state index in [-0.39, 0.29) is 10.3 Å². The molecule has 0 aliphatic rings. The number of rotatable bonds is 2. The zero-order chi connectivity index (χ0) is 14.4. The summed E-state index contributed by atoms with van der Waals surface area (Å²) in [6.07, 6.45) is 1.51. The van der Waals surface area contributed by atoms with Gasteiger partial charge in [0.2, 0.25) is 11.0 Å². The van der Waals surface area contributed by atoms with Crippen molar-refractivity contribution in [1.29, 1.82) is 0 Å². The molecule has 6 nitrogen and oxygen atoms in total. The van der Waals surface area contributed by atoms with Crippen LogP contribution in [-0.2, 0) is 10.8 Å². The number of hydrogen-bond donors (Lipinski definition) is 0. The van der Waals surface area contributed by atoms with Crippen molar-refractivity contribution in [2.24, 2.45) is 0 Å². The van der Waals surface area contributed by atoms with Crippen molar-refractivity contribution in [1.82, 2.24) is 19.6 Å². The van der Waals surface area contributed by atoms with Gasteiger partial charge in [0.05, 0.1) is 10.8 Å². The van der Waals surface area contributed by atoms with E-state index in [1.165, 1.54) is 10.8 Å². The number of fused-ring (bicyclic) bond motifs is 1. The van der Waals surface area contributed by atoms with Crippen LogP contribution < -0.4 is 0 Å². The van der Waals surface area contributed by atoms with Crippen LogP contribution in [0.2, 0.25) is 5.15 Å². The van der Waals surface area contributed by atoms with Crippen LogP contribution in [-0.4, -0.2) is 30.0 Å². The van der Waals surface area contributed by atoms with Gasteiger partial charge in [-0.25, -0.2) is 0 Å². The molecule has 0 fully saturated rings. The van der Waals surface area contributed by atoms with Crippen LogP contribution in [0.3, 0.4) is 0 Å². The molecule has 0 aromatic carbocycles. The minimum Gasteiger partial charge on any atom is -0.458 e. The third-order valence-electron chi connectivity index (χ3n) is 2.59. The van der Waals surface area contributed by atoms with Gasteiger partial charge in [-0.05, 0) is 35.0 Å². The van der Waals surface area contributed by atoms with Gasteiger partial charge in [0.1, 0.15) is 10.2 Å². The average molecular weight is 376 g/mol. The Labute approximate surface area is 129 Å². The lowest BCUT2D eigenvalue weighted by atomic mass is 10.4. The summed E-state index contributed by atoms with van der Waals surface area (Å²) >= 11 is 9.31. The molecule has 3 rings (SSSR count). The van der Waals surface area contributed by atoms with Gasteiger partial charge in [-0.2, -0.15) is 19.6 Å². The summed E-state index contributed by atoms with van der Waals surface area (Å²) < 4.78 is 19.2. The smallest absolute Gasteiger partial charge is 0.222 e. The Balaban J connectivity index is 2.39. The third-order valence-corrected chi connectivity index (χ3v) is 4.51. The maximum Gasteiger partial charge on any atom is 0.222 e. The molecule has 0 bridgehead atoms. The number of halogens is 2. The van der Waals surface area contributed by atoms with Gasteiger partial charge in [-0.3, -0.25) is 4.21 Å². The highest BCUT2D eigenvalue weighted by atomic mass is 79.9. The van der Waals surface area contributed by atoms with Crippen LogP contribution in [0, 0.1) is 6.92 Å². The number of furan rings is 1. The zero-order valence-corrected chi connectivity index (χ0v) is 13.6. The third kappa shape index (κ3) is 2.17. The summed E-state index contributed by atoms with van der Waals surface area (Å²) in [6, 6.07) is 3.58. The fourth-order valence-corrected chi connectivity index (χ4v) is 2.63. The van der Waals surface area contributed by atoms with E-state index in [1.54, 1.807) is 6.07 Å². The fraction of sp³-hybridized carbons (Fsp3) is 0.182. The van der Waals surface area contributed by atoms with Crippen molar-refractivity contribution in [2.45, 2.75) is 12.1 Å². The van der Waals surface area contributed by atoms with Gasteiger partial charge in [-0.15, -0.1) is 0 Å². The van der Waals surface area contributed by atoms with Crippen LogP contribution in [0.25, 0.3) is 17.2 Å². The second-order valence-corrected chi connectivity index (χ2v) is 6.46. The zero-order valence-electron chi connectivity index (χ0n) is 10.4. The van der Waals surface area contributed by atoms with Crippen molar-refractivity contribution < 1.29 is 8.63 Å². The standard InChI is InChI=1S/C11H8BrClN4O2S/c1-5-3-4-6(19-5)9-14-11(20(2)18)15-10-7(12)8(13)16-17(9)10/h3-4H,1-2H3. The molecule has 0 aliphatic heterocycles. The van der Waals surface area contributed by atoms with Gasteiger partial charge in [0, 0.05) is 6.26 Å². The Bertz CT molecular complexity index is 844. The molecule has 1 unspecified atom stereocenters. The van der Waals surface area contributed by atoms with Gasteiger partial charge < -0.3 is 4.42 Å². The molecule has 0 spiro atoms. The molecule has 0 radical (unpaired) electrons. The van der Waals surface area contributed by atoms with Gasteiger partial charge in [0.25, 0.3) is 0 Å². The summed E-state index contributed by atoms with van der Waals surface area (Å²) in [4.78, 5) is 8.46. The van der Waals surface area contributed by atoms with Crippen LogP contribution in [0.15, 0.2) is 26.2 Å². The first-order valence-corrected chi connectivity index (χ1v) is 8.22. The number of nitrogens with zero attached hydrogens (tertiary/aromatic N) is 4. The second-order valence-electron chi connectivity index (χ2n) is 4.03. The van der Waals surface area contributed by atoms with Crippen molar-refractivity contribution in [3.05, 3.63) is 27.5 Å². The van der Waals surface area contributed by atoms with Crippen LogP contribution in [0.4, 0.5) is 0 Å². The highest BCUT2D eigenvalue weighted by molar-refractivity contribution is 9.10. The number of hydrogen-bond acceptors (Lipinski definition) is 5. The molecule has 20 heavy (non-hydrogen) atoms. The number of aryl methyl sites for hydroxylation is 1. The molecule has 3 heterocycles. The minimum absolute atomic E-state index is 0.193. The Hall–Kier alpha value is -1.25. The molecular weight excluding hydrogens is 368 g/mol. The van der Waals surface area contributed by atoms with E-state index in [0.717, 1.165) is 5.76 Å². The molecule has 0 saturated carbocycles. The lowest BCUT2D eigenvalue weighted by Gasteiger charge is -2.03. The van der Waals surface area contributed by atoms with Gasteiger partial charge in [-0.1, -0.05) is 11.6 Å². The van der Waals surface area contributed by atoms with Gasteiger partial charge >= 0.3 is 0 Å². The molecular formula is C11H8BrClN4O2S. The maximum atomic E-state index is 11.7. The lowest BCUT2D eigenvalue weighted by molar-refractivity contribution is 0.539. The molecule has 9 heteroatoms. The Kier molecular flexibility index (Phi) is 3.39. The minimum atomic E-state index is -1.33. The fourth-order valence-electron chi connectivity index (χ4n) is 1.70. The molecule has 3 aromatic heterocycles. The highest BCUT2D eigenvalue weighted by Gasteiger charge is 2.19. The van der Waals surface area contributed by atoms with E-state index in [2.05, 4.69) is 31.0 Å². The first-order valence-electron chi connectivity index (χ1n) is 5.49. The van der Waals surface area contributed by atoms with Crippen molar-refractivity contribution in [3.63, 3.8) is 0 Å². The van der Waals surface area contributed by atoms with E-state index in [4.69, 9.17) is 16.0 Å². The molecule has 104 valence electrons. The van der Waals surface area contributed by atoms with Crippen LogP contribution in [0.1, 0.15) is 5.76 Å². The molecule has 3 aromatic rings. The average Bonchev–Trinajstić information content (AvgIpc) is 2.94. The normalized spacial score (nSPS) is 13.0. The topological polar surface area (TPSA) is 73.3 Å². The van der Waals surface area contributed by atoms with Crippen molar-refractivity contribution >= 4 is 44.0 Å². The Morgan fingerprint density at radius 2 is 2.15 bits per heavy atom. The number of aromatic nitrogens is 4. The lowest BCUT2D eigenvalue weighted by Crippen LogP contribution is -2.05. The summed E-state index contributed by atoms with van der Waals surface area (Å²) in [5, 5.41) is 4.60. The van der Waals surface area contributed by atoms with E-state index in [0.29, 0.717) is 21.7 Å². The Morgan fingerprint density at radius 1 is 1.40 bits per heavy atom. The predicted octanol–water partition coefficient (Wildman–Crippen LogP) is 2.85. The van der Waals surface area contributed by atoms with E-state index in [9.17, 15) is 4.21 Å². The largest absolute Gasteiger partial charge is 0.458 e. The first kappa shape index (κ1) is 13.7. The molecule has 0 saturated heterocycles. The quantitative estimate of drug-likeness (QED) is 0.688. The molecule has 0 aliphatic carbocycles. The highest BCUT2D eigenvalue weighted by Crippen LogP contribution is 2.29. The SMILES string of the molecule is Cc1ccc(-c2nc(S(C)=O)nc3c(Br)c(Cl)nn23)o1. The maximum absolute atomic E-state index is 11.7. The monoisotopic (exact) mass is 374 g/mol. The van der Waals surface area contributed by atoms with E-state index in [1.807, 2.05) is 13.0 Å². The van der Waals surface area contributed by atoms with Gasteiger partial charge in [0.15, 0.2) is 16.6 Å². The van der Waals surface area contributed by atoms with Crippen molar-refractivity contribution in [2.75, 3.05) is 6.26 Å². The summed E-state index contributed by atoms with van der Waals surface area (Å²) in [6.45, 7) is 1.83. The van der Waals surface area contributed by atoms with Crippen molar-refractivity contribution in [3.8, 4) is 11.6 Å².